The highest BCUT2D eigenvalue weighted by atomic mass is 31.3. The number of phosphoric ester groups is 1. The van der Waals surface area contributed by atoms with Gasteiger partial charge in [-0.1, -0.05) is 0 Å². The molecule has 2 aromatic rings. The molecule has 2 aromatic heterocycles. The van der Waals surface area contributed by atoms with Crippen LogP contribution in [0.2, 0.25) is 0 Å². The van der Waals surface area contributed by atoms with Crippen molar-refractivity contribution in [2.75, 3.05) is 25.9 Å². The zero-order valence-corrected chi connectivity index (χ0v) is 18.1. The van der Waals surface area contributed by atoms with Crippen molar-refractivity contribution in [1.29, 1.82) is 0 Å². The Morgan fingerprint density at radius 2 is 2.16 bits per heavy atom. The van der Waals surface area contributed by atoms with Crippen molar-refractivity contribution in [2.24, 2.45) is 13.0 Å². The van der Waals surface area contributed by atoms with Crippen molar-refractivity contribution in [3.63, 3.8) is 0 Å². The first-order valence-electron chi connectivity index (χ1n) is 8.79. The van der Waals surface area contributed by atoms with Crippen LogP contribution in [0.4, 0.5) is 5.95 Å². The number of nitrogens with zero attached hydrogens (tertiary/aromatic N) is 3. The molecule has 0 bridgehead atoms. The molecule has 1 saturated heterocycles. The van der Waals surface area contributed by atoms with Crippen molar-refractivity contribution in [3.05, 3.63) is 16.7 Å². The molecule has 174 valence electrons. The lowest BCUT2D eigenvalue weighted by Crippen LogP contribution is -2.36. The molecule has 0 amide bonds. The molecule has 1 fully saturated rings. The van der Waals surface area contributed by atoms with E-state index in [1.165, 1.54) is 15.5 Å². The van der Waals surface area contributed by atoms with E-state index in [1.807, 2.05) is 0 Å². The van der Waals surface area contributed by atoms with Crippen molar-refractivity contribution in [3.8, 4) is 0 Å². The van der Waals surface area contributed by atoms with Crippen LogP contribution in [-0.4, -0.2) is 61.8 Å². The molecule has 31 heavy (non-hydrogen) atoms. The summed E-state index contributed by atoms with van der Waals surface area (Å²) in [6.07, 6.45) is -1.84. The molecular weight excluding hydrogens is 462 g/mol. The number of aliphatic hydroxyl groups excluding tert-OH is 1. The molecule has 3 heterocycles. The van der Waals surface area contributed by atoms with Gasteiger partial charge in [0.25, 0.3) is 19.0 Å². The lowest BCUT2D eigenvalue weighted by molar-refractivity contribution is -0.646. The number of nitrogens with one attached hydrogen (secondary N) is 2. The van der Waals surface area contributed by atoms with Gasteiger partial charge in [-0.3, -0.25) is 18.9 Å². The fourth-order valence-electron chi connectivity index (χ4n) is 3.45. The number of imidazole rings is 1. The monoisotopic (exact) mass is 484 g/mol. The van der Waals surface area contributed by atoms with Crippen LogP contribution < -0.4 is 26.1 Å². The van der Waals surface area contributed by atoms with E-state index in [4.69, 9.17) is 15.4 Å². The van der Waals surface area contributed by atoms with Crippen molar-refractivity contribution < 1.29 is 47.1 Å². The number of fused-ring (bicyclic) bond motifs is 1. The molecule has 7 N–H and O–H groups in total. The number of aromatic amines is 1. The Bertz CT molecular complexity index is 1110. The van der Waals surface area contributed by atoms with E-state index in [9.17, 15) is 28.8 Å². The summed E-state index contributed by atoms with van der Waals surface area (Å²) in [5, 5.41) is 13.7. The fourth-order valence-corrected chi connectivity index (χ4v) is 5.02. The van der Waals surface area contributed by atoms with Crippen molar-refractivity contribution in [1.82, 2.24) is 19.9 Å². The zero-order chi connectivity index (χ0) is 23.1. The number of anilines is 1. The van der Waals surface area contributed by atoms with E-state index in [0.717, 1.165) is 0 Å². The molecule has 0 spiro atoms. The lowest BCUT2D eigenvalue weighted by Gasteiger charge is -2.22. The maximum Gasteiger partial charge on any atom is 0.478 e. The standard InChI is InChI=1S/C13H22N6O10P2/c1-15-3-6-7(4-27-31(25,26)29-30(22,23)24)28-12(9(6)20)19-5-18(2)8-10(19)16-13(14)17-11(8)21/h5-7,9,12,15,20H,3-4H2,1-2H3,(H5-,14,16,17,21,22,23,24,25,26)/t6-,7-,9-,12-/m1/s1. The third-order valence-corrected chi connectivity index (χ3v) is 6.76. The molecule has 1 aliphatic rings. The maximum atomic E-state index is 12.2. The van der Waals surface area contributed by atoms with Gasteiger partial charge in [0.1, 0.15) is 6.10 Å². The predicted octanol–water partition coefficient (Wildman–Crippen LogP) is -3.18. The Labute approximate surface area is 174 Å². The minimum absolute atomic E-state index is 0.126. The van der Waals surface area contributed by atoms with Crippen LogP contribution in [0.15, 0.2) is 11.1 Å². The average molecular weight is 484 g/mol. The molecule has 0 aromatic carbocycles. The first-order chi connectivity index (χ1) is 14.3. The highest BCUT2D eigenvalue weighted by molar-refractivity contribution is 7.60. The highest BCUT2D eigenvalue weighted by Gasteiger charge is 2.48. The smallest absolute Gasteiger partial charge is 0.478 e. The van der Waals surface area contributed by atoms with Gasteiger partial charge in [-0.2, -0.15) is 9.55 Å². The number of ether oxygens (including phenoxy) is 1. The minimum Gasteiger partial charge on any atom is -0.756 e. The second-order valence-electron chi connectivity index (χ2n) is 6.85. The lowest BCUT2D eigenvalue weighted by atomic mass is 9.98. The predicted molar refractivity (Wildman–Crippen MR) is 100.0 cm³/mol. The number of hydrogen-bond donors (Lipinski definition) is 6. The number of H-pyrrole nitrogens is 1. The Morgan fingerprint density at radius 1 is 1.48 bits per heavy atom. The van der Waals surface area contributed by atoms with E-state index in [1.54, 1.807) is 14.1 Å². The first-order valence-corrected chi connectivity index (χ1v) is 11.8. The van der Waals surface area contributed by atoms with Crippen LogP contribution in [0.1, 0.15) is 6.23 Å². The van der Waals surface area contributed by atoms with E-state index >= 15 is 0 Å². The summed E-state index contributed by atoms with van der Waals surface area (Å²) in [7, 11) is -7.52. The van der Waals surface area contributed by atoms with Gasteiger partial charge in [-0.05, 0) is 7.05 Å². The van der Waals surface area contributed by atoms with E-state index < -0.39 is 52.2 Å². The number of rotatable bonds is 8. The minimum atomic E-state index is -5.53. The topological polar surface area (TPSA) is 238 Å². The van der Waals surface area contributed by atoms with E-state index in [2.05, 4.69) is 24.1 Å². The van der Waals surface area contributed by atoms with E-state index in [0.29, 0.717) is 0 Å². The molecule has 0 aliphatic carbocycles. The summed E-state index contributed by atoms with van der Waals surface area (Å²) in [6, 6.07) is 0. The number of aryl methyl sites for hydroxylation is 1. The van der Waals surface area contributed by atoms with Crippen LogP contribution in [0.3, 0.4) is 0 Å². The number of phosphoric acid groups is 2. The maximum absolute atomic E-state index is 12.2. The molecule has 6 atom stereocenters. The van der Waals surface area contributed by atoms with Crippen molar-refractivity contribution in [2.45, 2.75) is 18.4 Å². The molecule has 1 aliphatic heterocycles. The zero-order valence-electron chi connectivity index (χ0n) is 16.3. The number of nitrogens with two attached hydrogens (primary N) is 1. The van der Waals surface area contributed by atoms with Crippen molar-refractivity contribution >= 4 is 32.8 Å². The SMILES string of the molecule is CNC[C@H]1[C@@H](O)[C@H](n2c[n+](C)c3c(=O)[nH]c(N)nc32)O[C@@H]1COP(=O)(O)OP(=O)([O-])O. The van der Waals surface area contributed by atoms with Crippen LogP contribution in [0.25, 0.3) is 11.2 Å². The molecule has 0 saturated carbocycles. The Hall–Kier alpha value is -1.71. The highest BCUT2D eigenvalue weighted by Crippen LogP contribution is 2.56. The summed E-state index contributed by atoms with van der Waals surface area (Å²) in [6.45, 7) is -0.473. The summed E-state index contributed by atoms with van der Waals surface area (Å²) >= 11 is 0. The molecule has 18 heteroatoms. The van der Waals surface area contributed by atoms with Crippen LogP contribution in [0, 0.1) is 5.92 Å². The van der Waals surface area contributed by atoms with Gasteiger partial charge < -0.3 is 35.6 Å². The third kappa shape index (κ3) is 5.21. The van der Waals surface area contributed by atoms with Crippen LogP contribution in [-0.2, 0) is 29.7 Å². The van der Waals surface area contributed by atoms with E-state index in [-0.39, 0.29) is 23.7 Å². The van der Waals surface area contributed by atoms with Crippen LogP contribution in [0.5, 0.6) is 0 Å². The summed E-state index contributed by atoms with van der Waals surface area (Å²) in [4.78, 5) is 47.4. The first kappa shape index (κ1) is 23.9. The Kier molecular flexibility index (Phi) is 6.70. The van der Waals surface area contributed by atoms with Gasteiger partial charge in [-0.15, -0.1) is 0 Å². The third-order valence-electron chi connectivity index (χ3n) is 4.63. The molecule has 0 radical (unpaired) electrons. The fraction of sp³-hybridized carbons (Fsp3) is 0.615. The second-order valence-corrected chi connectivity index (χ2v) is 9.63. The second kappa shape index (κ2) is 8.67. The number of aliphatic hydroxyl groups is 1. The number of nitrogen functional groups attached to an aromatic ring is 1. The summed E-state index contributed by atoms with van der Waals surface area (Å²) in [5.74, 6) is -0.841. The molecular formula is C13H22N6O10P2. The molecule has 3 rings (SSSR count). The van der Waals surface area contributed by atoms with Gasteiger partial charge >= 0.3 is 13.4 Å². The molecule has 16 nitrogen and oxygen atoms in total. The summed E-state index contributed by atoms with van der Waals surface area (Å²) in [5.41, 5.74) is 5.40. The van der Waals surface area contributed by atoms with Gasteiger partial charge in [0.15, 0.2) is 0 Å². The number of hydrogen-bond acceptors (Lipinski definition) is 11. The van der Waals surface area contributed by atoms with Gasteiger partial charge in [0.2, 0.25) is 18.5 Å². The van der Waals surface area contributed by atoms with Crippen LogP contribution >= 0.6 is 15.6 Å². The average Bonchev–Trinajstić information content (AvgIpc) is 3.09. The summed E-state index contributed by atoms with van der Waals surface area (Å²) < 4.78 is 39.3. The Morgan fingerprint density at radius 3 is 2.77 bits per heavy atom. The van der Waals surface area contributed by atoms with Gasteiger partial charge in [0, 0.05) is 12.5 Å². The largest absolute Gasteiger partial charge is 0.756 e. The van der Waals surface area contributed by atoms with Gasteiger partial charge in [0.05, 0.1) is 19.8 Å². The van der Waals surface area contributed by atoms with Gasteiger partial charge in [-0.25, -0.2) is 13.4 Å². The normalized spacial score (nSPS) is 27.9. The molecule has 2 unspecified atom stereocenters. The quantitative estimate of drug-likeness (QED) is 0.160. The Balaban J connectivity index is 1.89. The number of aromatic nitrogens is 4.